The Bertz CT molecular complexity index is 652. The number of thiophene rings is 1. The van der Waals surface area contributed by atoms with E-state index in [9.17, 15) is 4.79 Å². The molecule has 1 fully saturated rings. The van der Waals surface area contributed by atoms with Crippen LogP contribution in [0, 0.1) is 0 Å². The fourth-order valence-corrected chi connectivity index (χ4v) is 3.87. The van der Waals surface area contributed by atoms with E-state index in [0.29, 0.717) is 18.4 Å². The number of thioether (sulfide) groups is 1. The maximum atomic E-state index is 12.0. The highest BCUT2D eigenvalue weighted by Gasteiger charge is 2.30. The molecular formula is C15H20N4O2S2. The zero-order valence-corrected chi connectivity index (χ0v) is 14.8. The van der Waals surface area contributed by atoms with Crippen LogP contribution < -0.4 is 5.32 Å². The standard InChI is InChI=1S/C15H20N4O2S2/c1-10(8-21-2)16-13(20)9-23-15-18-17-14(12-4-3-7-22-12)19(15)11-5-6-11/h3-4,7,10-11H,5-6,8-9H2,1-2H3,(H,16,20). The van der Waals surface area contributed by atoms with Crippen LogP contribution in [0.25, 0.3) is 10.7 Å². The molecule has 6 nitrogen and oxygen atoms in total. The van der Waals surface area contributed by atoms with E-state index >= 15 is 0 Å². The lowest BCUT2D eigenvalue weighted by Crippen LogP contribution is -2.36. The molecule has 1 N–H and O–H groups in total. The van der Waals surface area contributed by atoms with Crippen molar-refractivity contribution in [2.45, 2.75) is 37.0 Å². The molecule has 0 saturated heterocycles. The molecular weight excluding hydrogens is 332 g/mol. The third kappa shape index (κ3) is 4.13. The average molecular weight is 352 g/mol. The quantitative estimate of drug-likeness (QED) is 0.740. The van der Waals surface area contributed by atoms with Crippen molar-refractivity contribution in [2.24, 2.45) is 0 Å². The number of amides is 1. The highest BCUT2D eigenvalue weighted by atomic mass is 32.2. The minimum atomic E-state index is -0.0115. The van der Waals surface area contributed by atoms with Crippen LogP contribution in [0.15, 0.2) is 22.7 Å². The summed E-state index contributed by atoms with van der Waals surface area (Å²) in [5.41, 5.74) is 0. The minimum absolute atomic E-state index is 0.0103. The highest BCUT2D eigenvalue weighted by molar-refractivity contribution is 7.99. The number of carbonyl (C=O) groups excluding carboxylic acids is 1. The van der Waals surface area contributed by atoms with E-state index in [1.165, 1.54) is 11.8 Å². The molecule has 1 amide bonds. The van der Waals surface area contributed by atoms with Crippen LogP contribution >= 0.6 is 23.1 Å². The van der Waals surface area contributed by atoms with Gasteiger partial charge in [-0.15, -0.1) is 21.5 Å². The molecule has 2 aromatic rings. The van der Waals surface area contributed by atoms with Crippen molar-refractivity contribution in [3.05, 3.63) is 17.5 Å². The summed E-state index contributed by atoms with van der Waals surface area (Å²) in [6.45, 7) is 2.44. The van der Waals surface area contributed by atoms with E-state index in [4.69, 9.17) is 4.74 Å². The monoisotopic (exact) mass is 352 g/mol. The van der Waals surface area contributed by atoms with E-state index in [-0.39, 0.29) is 11.9 Å². The Labute approximate surface area is 143 Å². The number of hydrogen-bond donors (Lipinski definition) is 1. The van der Waals surface area contributed by atoms with Crippen molar-refractivity contribution in [3.63, 3.8) is 0 Å². The van der Waals surface area contributed by atoms with Crippen molar-refractivity contribution in [1.82, 2.24) is 20.1 Å². The fourth-order valence-electron chi connectivity index (χ4n) is 2.35. The molecule has 0 aromatic carbocycles. The number of ether oxygens (including phenoxy) is 1. The second-order valence-electron chi connectivity index (χ2n) is 5.60. The smallest absolute Gasteiger partial charge is 0.230 e. The van der Waals surface area contributed by atoms with Crippen molar-refractivity contribution in [2.75, 3.05) is 19.5 Å². The summed E-state index contributed by atoms with van der Waals surface area (Å²) < 4.78 is 7.21. The first-order chi connectivity index (χ1) is 11.2. The van der Waals surface area contributed by atoms with Crippen LogP contribution in [0.3, 0.4) is 0 Å². The van der Waals surface area contributed by atoms with E-state index in [1.807, 2.05) is 18.4 Å². The number of hydrogen-bond acceptors (Lipinski definition) is 6. The molecule has 2 aromatic heterocycles. The highest BCUT2D eigenvalue weighted by Crippen LogP contribution is 2.41. The van der Waals surface area contributed by atoms with E-state index in [2.05, 4.69) is 26.1 Å². The van der Waals surface area contributed by atoms with Gasteiger partial charge < -0.3 is 10.1 Å². The number of carbonyl (C=O) groups is 1. The second-order valence-corrected chi connectivity index (χ2v) is 7.49. The van der Waals surface area contributed by atoms with Gasteiger partial charge in [0.1, 0.15) is 0 Å². The summed E-state index contributed by atoms with van der Waals surface area (Å²) in [5, 5.41) is 14.4. The zero-order valence-electron chi connectivity index (χ0n) is 13.2. The second kappa shape index (κ2) is 7.46. The number of methoxy groups -OCH3 is 1. The van der Waals surface area contributed by atoms with Crippen LogP contribution in [0.2, 0.25) is 0 Å². The molecule has 1 aliphatic carbocycles. The fraction of sp³-hybridized carbons (Fsp3) is 0.533. The first-order valence-electron chi connectivity index (χ1n) is 7.59. The number of aromatic nitrogens is 3. The van der Waals surface area contributed by atoms with Gasteiger partial charge in [0.05, 0.1) is 17.2 Å². The summed E-state index contributed by atoms with van der Waals surface area (Å²) in [6.07, 6.45) is 2.31. The maximum absolute atomic E-state index is 12.0. The molecule has 2 heterocycles. The summed E-state index contributed by atoms with van der Waals surface area (Å²) >= 11 is 3.10. The lowest BCUT2D eigenvalue weighted by molar-refractivity contribution is -0.119. The van der Waals surface area contributed by atoms with Crippen molar-refractivity contribution in [1.29, 1.82) is 0 Å². The molecule has 23 heavy (non-hydrogen) atoms. The van der Waals surface area contributed by atoms with Gasteiger partial charge in [-0.05, 0) is 31.2 Å². The van der Waals surface area contributed by atoms with Crippen LogP contribution in [-0.2, 0) is 9.53 Å². The Morgan fingerprint density at radius 2 is 2.39 bits per heavy atom. The summed E-state index contributed by atoms with van der Waals surface area (Å²) in [5.74, 6) is 1.24. The first kappa shape index (κ1) is 16.5. The normalized spacial score (nSPS) is 15.6. The van der Waals surface area contributed by atoms with Gasteiger partial charge in [-0.2, -0.15) is 0 Å². The zero-order chi connectivity index (χ0) is 16.2. The predicted octanol–water partition coefficient (Wildman–Crippen LogP) is 2.58. The van der Waals surface area contributed by atoms with Crippen LogP contribution in [-0.4, -0.2) is 46.2 Å². The van der Waals surface area contributed by atoms with Crippen LogP contribution in [0.5, 0.6) is 0 Å². The van der Waals surface area contributed by atoms with Gasteiger partial charge in [-0.1, -0.05) is 17.8 Å². The van der Waals surface area contributed by atoms with Crippen LogP contribution in [0.1, 0.15) is 25.8 Å². The predicted molar refractivity (Wildman–Crippen MR) is 91.8 cm³/mol. The molecule has 0 radical (unpaired) electrons. The van der Waals surface area contributed by atoms with E-state index < -0.39 is 0 Å². The summed E-state index contributed by atoms with van der Waals surface area (Å²) in [7, 11) is 1.63. The van der Waals surface area contributed by atoms with Gasteiger partial charge in [0.2, 0.25) is 5.91 Å². The maximum Gasteiger partial charge on any atom is 0.230 e. The lowest BCUT2D eigenvalue weighted by atomic mass is 10.3. The van der Waals surface area contributed by atoms with Gasteiger partial charge in [0, 0.05) is 19.2 Å². The van der Waals surface area contributed by atoms with Crippen molar-refractivity contribution >= 4 is 29.0 Å². The molecule has 1 unspecified atom stereocenters. The average Bonchev–Trinajstić information content (AvgIpc) is 3.05. The van der Waals surface area contributed by atoms with Crippen LogP contribution in [0.4, 0.5) is 0 Å². The third-order valence-corrected chi connectivity index (χ3v) is 5.28. The third-order valence-electron chi connectivity index (χ3n) is 3.47. The molecule has 8 heteroatoms. The lowest BCUT2D eigenvalue weighted by Gasteiger charge is -2.12. The Morgan fingerprint density at radius 3 is 3.04 bits per heavy atom. The van der Waals surface area contributed by atoms with Crippen molar-refractivity contribution in [3.8, 4) is 10.7 Å². The Kier molecular flexibility index (Phi) is 5.34. The summed E-state index contributed by atoms with van der Waals surface area (Å²) in [6, 6.07) is 4.56. The number of rotatable bonds is 8. The molecule has 124 valence electrons. The van der Waals surface area contributed by atoms with Gasteiger partial charge in [0.15, 0.2) is 11.0 Å². The largest absolute Gasteiger partial charge is 0.383 e. The molecule has 1 atom stereocenters. The Morgan fingerprint density at radius 1 is 1.57 bits per heavy atom. The SMILES string of the molecule is COCC(C)NC(=O)CSc1nnc(-c2cccs2)n1C1CC1. The van der Waals surface area contributed by atoms with Gasteiger partial charge in [-0.3, -0.25) is 9.36 Å². The van der Waals surface area contributed by atoms with Gasteiger partial charge >= 0.3 is 0 Å². The molecule has 0 spiro atoms. The van der Waals surface area contributed by atoms with Gasteiger partial charge in [-0.25, -0.2) is 0 Å². The number of nitrogens with one attached hydrogen (secondary N) is 1. The Balaban J connectivity index is 1.65. The van der Waals surface area contributed by atoms with E-state index in [1.54, 1.807) is 18.4 Å². The topological polar surface area (TPSA) is 69.0 Å². The minimum Gasteiger partial charge on any atom is -0.383 e. The Hall–Kier alpha value is -1.38. The number of nitrogens with zero attached hydrogens (tertiary/aromatic N) is 3. The molecule has 0 bridgehead atoms. The summed E-state index contributed by atoms with van der Waals surface area (Å²) in [4.78, 5) is 13.1. The molecule has 3 rings (SSSR count). The first-order valence-corrected chi connectivity index (χ1v) is 9.45. The molecule has 1 saturated carbocycles. The van der Waals surface area contributed by atoms with Crippen molar-refractivity contribution < 1.29 is 9.53 Å². The van der Waals surface area contributed by atoms with Gasteiger partial charge in [0.25, 0.3) is 0 Å². The van der Waals surface area contributed by atoms with E-state index in [0.717, 1.165) is 28.7 Å². The molecule has 0 aliphatic heterocycles. The molecule has 1 aliphatic rings.